The lowest BCUT2D eigenvalue weighted by Gasteiger charge is -2.24. The fourth-order valence-electron chi connectivity index (χ4n) is 2.02. The Hall–Kier alpha value is -0.660. The Balaban J connectivity index is 2.44. The molecule has 2 rings (SSSR count). The van der Waals surface area contributed by atoms with Crippen molar-refractivity contribution in [3.8, 4) is 0 Å². The minimum absolute atomic E-state index is 0.0542. The van der Waals surface area contributed by atoms with E-state index in [9.17, 15) is 12.8 Å². The summed E-state index contributed by atoms with van der Waals surface area (Å²) in [6, 6.07) is 2.37. The Kier molecular flexibility index (Phi) is 3.90. The van der Waals surface area contributed by atoms with Crippen molar-refractivity contribution in [2.75, 3.05) is 12.8 Å². The monoisotopic (exact) mass is 350 g/mol. The standard InChI is InChI=1S/C12H16BrFN2O2S/c1-7(8-3-4-8)16(2)19(17,18)11-6-9(15)5-10(13)12(11)14/h5-8H,3-4,15H2,1-2H3. The molecule has 106 valence electrons. The molecule has 1 aliphatic rings. The summed E-state index contributed by atoms with van der Waals surface area (Å²) < 4.78 is 40.2. The topological polar surface area (TPSA) is 63.4 Å². The largest absolute Gasteiger partial charge is 0.399 e. The van der Waals surface area contributed by atoms with Gasteiger partial charge in [0.05, 0.1) is 4.47 Å². The fourth-order valence-corrected chi connectivity index (χ4v) is 4.17. The highest BCUT2D eigenvalue weighted by molar-refractivity contribution is 9.10. The minimum atomic E-state index is -3.87. The van der Waals surface area contributed by atoms with Crippen LogP contribution in [0.15, 0.2) is 21.5 Å². The normalized spacial score (nSPS) is 17.7. The molecule has 1 aromatic carbocycles. The van der Waals surface area contributed by atoms with E-state index in [0.717, 1.165) is 18.9 Å². The Bertz CT molecular complexity index is 602. The van der Waals surface area contributed by atoms with E-state index in [1.807, 2.05) is 6.92 Å². The average molecular weight is 351 g/mol. The van der Waals surface area contributed by atoms with Crippen LogP contribution in [0.5, 0.6) is 0 Å². The molecule has 7 heteroatoms. The molecule has 1 aliphatic carbocycles. The number of nitrogens with two attached hydrogens (primary N) is 1. The van der Waals surface area contributed by atoms with Crippen molar-refractivity contribution in [3.05, 3.63) is 22.4 Å². The summed E-state index contributed by atoms with van der Waals surface area (Å²) in [5.41, 5.74) is 5.80. The lowest BCUT2D eigenvalue weighted by atomic mass is 10.2. The van der Waals surface area contributed by atoms with Gasteiger partial charge in [-0.2, -0.15) is 4.31 Å². The third kappa shape index (κ3) is 2.78. The molecule has 19 heavy (non-hydrogen) atoms. The maximum absolute atomic E-state index is 14.0. The molecule has 1 unspecified atom stereocenters. The highest BCUT2D eigenvalue weighted by Crippen LogP contribution is 2.37. The molecule has 1 saturated carbocycles. The first-order chi connectivity index (χ1) is 8.75. The van der Waals surface area contributed by atoms with Crippen LogP contribution in [0.25, 0.3) is 0 Å². The van der Waals surface area contributed by atoms with Crippen molar-refractivity contribution in [1.82, 2.24) is 4.31 Å². The lowest BCUT2D eigenvalue weighted by Crippen LogP contribution is -2.36. The van der Waals surface area contributed by atoms with Gasteiger partial charge in [0, 0.05) is 18.8 Å². The number of benzene rings is 1. The molecule has 2 N–H and O–H groups in total. The molecule has 0 spiro atoms. The van der Waals surface area contributed by atoms with Crippen LogP contribution in [0.4, 0.5) is 10.1 Å². The highest BCUT2D eigenvalue weighted by Gasteiger charge is 2.37. The van der Waals surface area contributed by atoms with Crippen LogP contribution in [-0.2, 0) is 10.0 Å². The zero-order valence-corrected chi connectivity index (χ0v) is 13.1. The predicted octanol–water partition coefficient (Wildman–Crippen LogP) is 2.59. The van der Waals surface area contributed by atoms with Crippen LogP contribution >= 0.6 is 15.9 Å². The summed E-state index contributed by atoms with van der Waals surface area (Å²) in [5, 5.41) is 0. The maximum Gasteiger partial charge on any atom is 0.246 e. The first kappa shape index (κ1) is 14.7. The number of sulfonamides is 1. The molecule has 4 nitrogen and oxygen atoms in total. The van der Waals surface area contributed by atoms with Gasteiger partial charge in [0.25, 0.3) is 0 Å². The highest BCUT2D eigenvalue weighted by atomic mass is 79.9. The summed E-state index contributed by atoms with van der Waals surface area (Å²) >= 11 is 2.98. The molecule has 0 amide bonds. The molecule has 0 aliphatic heterocycles. The summed E-state index contributed by atoms with van der Waals surface area (Å²) in [6.45, 7) is 1.84. The van der Waals surface area contributed by atoms with Crippen molar-refractivity contribution < 1.29 is 12.8 Å². The summed E-state index contributed by atoms with van der Waals surface area (Å²) in [5.74, 6) is -0.434. The second kappa shape index (κ2) is 5.03. The smallest absolute Gasteiger partial charge is 0.246 e. The third-order valence-corrected chi connectivity index (χ3v) is 6.07. The fraction of sp³-hybridized carbons (Fsp3) is 0.500. The van der Waals surface area contributed by atoms with E-state index < -0.39 is 15.8 Å². The number of halogens is 2. The zero-order valence-electron chi connectivity index (χ0n) is 10.7. The van der Waals surface area contributed by atoms with Gasteiger partial charge in [0.1, 0.15) is 4.90 Å². The van der Waals surface area contributed by atoms with Gasteiger partial charge in [-0.15, -0.1) is 0 Å². The predicted molar refractivity (Wildman–Crippen MR) is 75.6 cm³/mol. The van der Waals surface area contributed by atoms with Gasteiger partial charge >= 0.3 is 0 Å². The van der Waals surface area contributed by atoms with Crippen LogP contribution in [0.1, 0.15) is 19.8 Å². The second-order valence-corrected chi connectivity index (χ2v) is 7.73. The van der Waals surface area contributed by atoms with Crippen LogP contribution in [0.2, 0.25) is 0 Å². The van der Waals surface area contributed by atoms with E-state index in [0.29, 0.717) is 5.92 Å². The van der Waals surface area contributed by atoms with Gasteiger partial charge in [0.15, 0.2) is 5.82 Å². The quantitative estimate of drug-likeness (QED) is 0.848. The van der Waals surface area contributed by atoms with Gasteiger partial charge in [-0.05, 0) is 53.7 Å². The Morgan fingerprint density at radius 2 is 2.05 bits per heavy atom. The van der Waals surface area contributed by atoms with E-state index in [4.69, 9.17) is 5.73 Å². The average Bonchev–Trinajstić information content (AvgIpc) is 3.15. The number of rotatable bonds is 4. The van der Waals surface area contributed by atoms with Crippen molar-refractivity contribution in [2.45, 2.75) is 30.7 Å². The lowest BCUT2D eigenvalue weighted by molar-refractivity contribution is 0.355. The Labute approximate surface area is 121 Å². The second-order valence-electron chi connectivity index (χ2n) is 4.91. The molecule has 1 fully saturated rings. The van der Waals surface area contributed by atoms with E-state index >= 15 is 0 Å². The van der Waals surface area contributed by atoms with Crippen molar-refractivity contribution in [3.63, 3.8) is 0 Å². The van der Waals surface area contributed by atoms with Crippen LogP contribution in [-0.4, -0.2) is 25.8 Å². The number of anilines is 1. The molecule has 1 aromatic rings. The minimum Gasteiger partial charge on any atom is -0.399 e. The first-order valence-electron chi connectivity index (χ1n) is 5.97. The molecule has 1 atom stereocenters. The van der Waals surface area contributed by atoms with E-state index in [-0.39, 0.29) is 21.1 Å². The molecule has 0 saturated heterocycles. The van der Waals surface area contributed by atoms with Crippen LogP contribution in [0, 0.1) is 11.7 Å². The number of nitrogen functional groups attached to an aromatic ring is 1. The number of hydrogen-bond acceptors (Lipinski definition) is 3. The first-order valence-corrected chi connectivity index (χ1v) is 8.21. The summed E-state index contributed by atoms with van der Waals surface area (Å²) in [4.78, 5) is -0.380. The Morgan fingerprint density at radius 1 is 1.47 bits per heavy atom. The third-order valence-electron chi connectivity index (χ3n) is 3.55. The Morgan fingerprint density at radius 3 is 2.58 bits per heavy atom. The molecule has 0 bridgehead atoms. The number of hydrogen-bond donors (Lipinski definition) is 1. The van der Waals surface area contributed by atoms with Gasteiger partial charge in [-0.1, -0.05) is 0 Å². The van der Waals surface area contributed by atoms with Gasteiger partial charge in [-0.25, -0.2) is 12.8 Å². The summed E-state index contributed by atoms with van der Waals surface area (Å²) in [7, 11) is -2.39. The van der Waals surface area contributed by atoms with Gasteiger partial charge in [-0.3, -0.25) is 0 Å². The van der Waals surface area contributed by atoms with E-state index in [1.54, 1.807) is 0 Å². The SMILES string of the molecule is CC(C1CC1)N(C)S(=O)(=O)c1cc(N)cc(Br)c1F. The molecule has 0 heterocycles. The number of nitrogens with zero attached hydrogens (tertiary/aromatic N) is 1. The van der Waals surface area contributed by atoms with Crippen molar-refractivity contribution in [1.29, 1.82) is 0 Å². The van der Waals surface area contributed by atoms with E-state index in [2.05, 4.69) is 15.9 Å². The zero-order chi connectivity index (χ0) is 14.4. The van der Waals surface area contributed by atoms with Crippen molar-refractivity contribution >= 4 is 31.6 Å². The van der Waals surface area contributed by atoms with Crippen LogP contribution in [0.3, 0.4) is 0 Å². The van der Waals surface area contributed by atoms with Gasteiger partial charge < -0.3 is 5.73 Å². The van der Waals surface area contributed by atoms with E-state index in [1.165, 1.54) is 17.4 Å². The molecular weight excluding hydrogens is 335 g/mol. The molecule has 0 radical (unpaired) electrons. The summed E-state index contributed by atoms with van der Waals surface area (Å²) in [6.07, 6.45) is 2.04. The van der Waals surface area contributed by atoms with Crippen LogP contribution < -0.4 is 5.73 Å². The molecular formula is C12H16BrFN2O2S. The van der Waals surface area contributed by atoms with Gasteiger partial charge in [0.2, 0.25) is 10.0 Å². The van der Waals surface area contributed by atoms with Crippen molar-refractivity contribution in [2.24, 2.45) is 5.92 Å². The maximum atomic E-state index is 14.0. The molecule has 0 aromatic heterocycles.